The van der Waals surface area contributed by atoms with Gasteiger partial charge in [-0.3, -0.25) is 0 Å². The molecule has 5 nitrogen and oxygen atoms in total. The van der Waals surface area contributed by atoms with Crippen molar-refractivity contribution >= 4 is 45.6 Å². The van der Waals surface area contributed by atoms with Gasteiger partial charge in [-0.2, -0.15) is 0 Å². The summed E-state index contributed by atoms with van der Waals surface area (Å²) < 4.78 is 12.2. The summed E-state index contributed by atoms with van der Waals surface area (Å²) in [4.78, 5) is 13.4. The number of carboxylic acids is 1. The summed E-state index contributed by atoms with van der Waals surface area (Å²) in [6.07, 6.45) is 0.390. The molecule has 0 bridgehead atoms. The number of carboxylic acid groups (broad SMARTS) is 1. The zero-order chi connectivity index (χ0) is 28.9. The van der Waals surface area contributed by atoms with E-state index < -0.39 is 12.6 Å². The van der Waals surface area contributed by atoms with Crippen LogP contribution in [0.25, 0.3) is 21.9 Å². The van der Waals surface area contributed by atoms with Gasteiger partial charge in [0.05, 0.1) is 10.0 Å². The topological polar surface area (TPSA) is 59.0 Å². The van der Waals surface area contributed by atoms with Crippen LogP contribution in [0.4, 0.5) is 5.69 Å². The lowest BCUT2D eigenvalue weighted by Gasteiger charge is -2.19. The molecule has 0 saturated carbocycles. The summed E-state index contributed by atoms with van der Waals surface area (Å²) in [5.41, 5.74) is 5.72. The third-order valence-corrected chi connectivity index (χ3v) is 7.73. The van der Waals surface area contributed by atoms with E-state index in [2.05, 4.69) is 35.2 Å². The lowest BCUT2D eigenvalue weighted by atomic mass is 9.93. The van der Waals surface area contributed by atoms with E-state index in [0.717, 1.165) is 44.3 Å². The number of halogens is 2. The van der Waals surface area contributed by atoms with Crippen LogP contribution in [-0.4, -0.2) is 31.8 Å². The predicted octanol–water partition coefficient (Wildman–Crippen LogP) is 8.51. The van der Waals surface area contributed by atoms with Crippen LogP contribution < -0.4 is 14.4 Å². The van der Waals surface area contributed by atoms with Crippen LogP contribution in [0.3, 0.4) is 0 Å². The van der Waals surface area contributed by atoms with E-state index in [0.29, 0.717) is 34.6 Å². The molecule has 0 heterocycles. The number of ether oxygens (including phenoxy) is 2. The SMILES string of the molecule is CN(C)c1ccc(-c2cc3ccc(OCC(=O)O)c(Cc4cccc(Cl)c4Cl)c3cc2OCc2ccccc2)cc1. The standard InChI is InChI=1S/C34H29Cl2NO4/c1-37(2)26-14-11-23(12-15-26)28-17-24-13-16-31(41-21-33(38)39)29(18-25-9-6-10-30(35)34(25)36)27(24)19-32(28)40-20-22-7-4-3-5-8-22/h3-17,19H,18,20-21H2,1-2H3,(H,38,39). The molecule has 0 aliphatic rings. The van der Waals surface area contributed by atoms with E-state index >= 15 is 0 Å². The van der Waals surface area contributed by atoms with E-state index in [-0.39, 0.29) is 0 Å². The maximum atomic E-state index is 11.4. The Morgan fingerprint density at radius 2 is 1.59 bits per heavy atom. The largest absolute Gasteiger partial charge is 0.488 e. The summed E-state index contributed by atoms with van der Waals surface area (Å²) >= 11 is 12.9. The zero-order valence-corrected chi connectivity index (χ0v) is 24.2. The molecule has 208 valence electrons. The van der Waals surface area contributed by atoms with Crippen LogP contribution in [-0.2, 0) is 17.8 Å². The monoisotopic (exact) mass is 585 g/mol. The fraction of sp³-hybridized carbons (Fsp3) is 0.147. The Morgan fingerprint density at radius 3 is 2.29 bits per heavy atom. The molecule has 0 atom stereocenters. The predicted molar refractivity (Wildman–Crippen MR) is 167 cm³/mol. The first-order chi connectivity index (χ1) is 19.8. The highest BCUT2D eigenvalue weighted by Gasteiger charge is 2.18. The average molecular weight is 587 g/mol. The van der Waals surface area contributed by atoms with E-state index in [1.165, 1.54) is 0 Å². The van der Waals surface area contributed by atoms with Crippen molar-refractivity contribution in [3.63, 3.8) is 0 Å². The summed E-state index contributed by atoms with van der Waals surface area (Å²) in [6, 6.07) is 31.7. The molecule has 7 heteroatoms. The number of anilines is 1. The second-order valence-electron chi connectivity index (χ2n) is 9.90. The van der Waals surface area contributed by atoms with Gasteiger partial charge in [-0.15, -0.1) is 0 Å². The second kappa shape index (κ2) is 12.5. The van der Waals surface area contributed by atoms with Gasteiger partial charge in [-0.25, -0.2) is 4.79 Å². The molecule has 5 aromatic rings. The number of fused-ring (bicyclic) bond motifs is 1. The van der Waals surface area contributed by atoms with E-state index in [4.69, 9.17) is 32.7 Å². The molecular weight excluding hydrogens is 557 g/mol. The maximum Gasteiger partial charge on any atom is 0.341 e. The van der Waals surface area contributed by atoms with E-state index in [1.807, 2.05) is 74.8 Å². The highest BCUT2D eigenvalue weighted by Crippen LogP contribution is 2.40. The van der Waals surface area contributed by atoms with E-state index in [1.54, 1.807) is 6.07 Å². The Hall–Kier alpha value is -4.19. The van der Waals surface area contributed by atoms with Crippen LogP contribution in [0, 0.1) is 0 Å². The normalized spacial score (nSPS) is 10.9. The minimum atomic E-state index is -1.06. The number of hydrogen-bond donors (Lipinski definition) is 1. The highest BCUT2D eigenvalue weighted by atomic mass is 35.5. The van der Waals surface area contributed by atoms with Gasteiger partial charge in [0.1, 0.15) is 18.1 Å². The fourth-order valence-corrected chi connectivity index (χ4v) is 5.13. The van der Waals surface area contributed by atoms with Crippen molar-refractivity contribution in [1.29, 1.82) is 0 Å². The average Bonchev–Trinajstić information content (AvgIpc) is 2.98. The van der Waals surface area contributed by atoms with Gasteiger partial charge in [0.2, 0.25) is 0 Å². The summed E-state index contributed by atoms with van der Waals surface area (Å²) in [5.74, 6) is 0.112. The molecule has 1 N–H and O–H groups in total. The van der Waals surface area contributed by atoms with Crippen molar-refractivity contribution in [2.45, 2.75) is 13.0 Å². The Bertz CT molecular complexity index is 1690. The zero-order valence-electron chi connectivity index (χ0n) is 22.7. The van der Waals surface area contributed by atoms with Crippen LogP contribution in [0.1, 0.15) is 16.7 Å². The molecule has 0 spiro atoms. The Labute approximate surface area is 249 Å². The van der Waals surface area contributed by atoms with Crippen LogP contribution in [0.2, 0.25) is 10.0 Å². The first-order valence-electron chi connectivity index (χ1n) is 13.1. The maximum absolute atomic E-state index is 11.4. The lowest BCUT2D eigenvalue weighted by Crippen LogP contribution is -2.11. The van der Waals surface area contributed by atoms with Crippen LogP contribution >= 0.6 is 23.2 Å². The number of hydrogen-bond acceptors (Lipinski definition) is 4. The van der Waals surface area contributed by atoms with Gasteiger partial charge < -0.3 is 19.5 Å². The first kappa shape index (κ1) is 28.3. The van der Waals surface area contributed by atoms with Crippen molar-refractivity contribution in [2.24, 2.45) is 0 Å². The third-order valence-electron chi connectivity index (χ3n) is 6.87. The molecule has 0 radical (unpaired) electrons. The lowest BCUT2D eigenvalue weighted by molar-refractivity contribution is -0.139. The molecule has 0 unspecified atom stereocenters. The first-order valence-corrected chi connectivity index (χ1v) is 13.9. The molecule has 0 aromatic heterocycles. The number of carbonyl (C=O) groups is 1. The summed E-state index contributed by atoms with van der Waals surface area (Å²) in [5, 5.41) is 12.0. The smallest absolute Gasteiger partial charge is 0.341 e. The second-order valence-corrected chi connectivity index (χ2v) is 10.7. The molecule has 0 fully saturated rings. The molecule has 0 amide bonds. The summed E-state index contributed by atoms with van der Waals surface area (Å²) in [6.45, 7) is -0.0742. The highest BCUT2D eigenvalue weighted by molar-refractivity contribution is 6.42. The van der Waals surface area contributed by atoms with Gasteiger partial charge in [0.15, 0.2) is 6.61 Å². The number of nitrogens with zero attached hydrogens (tertiary/aromatic N) is 1. The molecular formula is C34H29Cl2NO4. The summed E-state index contributed by atoms with van der Waals surface area (Å²) in [7, 11) is 4.02. The van der Waals surface area contributed by atoms with Gasteiger partial charge >= 0.3 is 5.97 Å². The minimum Gasteiger partial charge on any atom is -0.488 e. The number of rotatable bonds is 10. The van der Waals surface area contributed by atoms with Crippen molar-refractivity contribution in [1.82, 2.24) is 0 Å². The Morgan fingerprint density at radius 1 is 0.829 bits per heavy atom. The Kier molecular flexibility index (Phi) is 8.67. The van der Waals surface area contributed by atoms with Gasteiger partial charge in [0.25, 0.3) is 0 Å². The van der Waals surface area contributed by atoms with Crippen molar-refractivity contribution in [3.8, 4) is 22.6 Å². The van der Waals surface area contributed by atoms with Gasteiger partial charge in [0, 0.05) is 37.3 Å². The molecule has 5 aromatic carbocycles. The minimum absolute atomic E-state index is 0.389. The van der Waals surface area contributed by atoms with E-state index in [9.17, 15) is 9.90 Å². The number of benzene rings is 5. The molecule has 41 heavy (non-hydrogen) atoms. The molecule has 0 aliphatic heterocycles. The van der Waals surface area contributed by atoms with Crippen molar-refractivity contribution in [2.75, 3.05) is 25.6 Å². The molecule has 5 rings (SSSR count). The molecule has 0 saturated heterocycles. The molecule has 0 aliphatic carbocycles. The Balaban J connectivity index is 1.67. The van der Waals surface area contributed by atoms with Gasteiger partial charge in [-0.05, 0) is 63.9 Å². The van der Waals surface area contributed by atoms with Gasteiger partial charge in [-0.1, -0.05) is 83.9 Å². The van der Waals surface area contributed by atoms with Crippen molar-refractivity contribution < 1.29 is 19.4 Å². The van der Waals surface area contributed by atoms with Crippen molar-refractivity contribution in [3.05, 3.63) is 124 Å². The number of aliphatic carboxylic acids is 1. The quantitative estimate of drug-likeness (QED) is 0.178. The van der Waals surface area contributed by atoms with Crippen LogP contribution in [0.5, 0.6) is 11.5 Å². The fourth-order valence-electron chi connectivity index (χ4n) is 4.75. The van der Waals surface area contributed by atoms with Crippen LogP contribution in [0.15, 0.2) is 97.1 Å². The third kappa shape index (κ3) is 6.59.